The summed E-state index contributed by atoms with van der Waals surface area (Å²) in [5.41, 5.74) is 0. The van der Waals surface area contributed by atoms with Crippen molar-refractivity contribution in [3.05, 3.63) is 35.9 Å². The molecule has 1 aliphatic heterocycles. The van der Waals surface area contributed by atoms with Gasteiger partial charge in [-0.05, 0) is 32.4 Å². The molecule has 2 aromatic rings. The van der Waals surface area contributed by atoms with Gasteiger partial charge < -0.3 is 20.1 Å². The molecule has 0 saturated heterocycles. The van der Waals surface area contributed by atoms with Crippen molar-refractivity contribution in [3.63, 3.8) is 0 Å². The molecule has 9 heteroatoms. The maximum Gasteiger partial charge on any atom is 0.191 e. The summed E-state index contributed by atoms with van der Waals surface area (Å²) >= 11 is 0. The number of benzene rings is 1. The van der Waals surface area contributed by atoms with Crippen molar-refractivity contribution in [1.82, 2.24) is 25.4 Å². The molecule has 0 aliphatic carbocycles. The zero-order valence-electron chi connectivity index (χ0n) is 16.8. The fourth-order valence-corrected chi connectivity index (χ4v) is 3.13. The van der Waals surface area contributed by atoms with Crippen LogP contribution in [0.2, 0.25) is 0 Å². The molecule has 154 valence electrons. The Hall–Kier alpha value is -2.04. The number of aliphatic imine (C=N–C) groups is 1. The molecule has 8 nitrogen and oxygen atoms in total. The Morgan fingerprint density at radius 1 is 1.39 bits per heavy atom. The number of hydrogen-bond acceptors (Lipinski definition) is 5. The first-order chi connectivity index (χ1) is 13.1. The number of aryl methyl sites for hydroxylation is 2. The van der Waals surface area contributed by atoms with Gasteiger partial charge in [0, 0.05) is 25.6 Å². The van der Waals surface area contributed by atoms with E-state index < -0.39 is 0 Å². The van der Waals surface area contributed by atoms with Gasteiger partial charge in [-0.2, -0.15) is 5.10 Å². The normalized spacial score (nSPS) is 17.1. The van der Waals surface area contributed by atoms with Crippen LogP contribution in [-0.4, -0.2) is 53.6 Å². The number of rotatable bonds is 6. The van der Waals surface area contributed by atoms with E-state index >= 15 is 0 Å². The number of ether oxygens (including phenoxy) is 2. The van der Waals surface area contributed by atoms with Gasteiger partial charge in [0.05, 0.1) is 20.2 Å². The second kappa shape index (κ2) is 10.5. The zero-order valence-corrected chi connectivity index (χ0v) is 19.1. The largest absolute Gasteiger partial charge is 0.497 e. The minimum atomic E-state index is -0.0217. The number of fused-ring (bicyclic) bond motifs is 1. The number of nitrogens with zero attached hydrogens (tertiary/aromatic N) is 4. The van der Waals surface area contributed by atoms with Crippen molar-refractivity contribution < 1.29 is 9.47 Å². The molecule has 28 heavy (non-hydrogen) atoms. The van der Waals surface area contributed by atoms with Gasteiger partial charge in [-0.1, -0.05) is 6.07 Å². The van der Waals surface area contributed by atoms with E-state index in [0.717, 1.165) is 48.5 Å². The quantitative estimate of drug-likeness (QED) is 0.360. The van der Waals surface area contributed by atoms with E-state index in [4.69, 9.17) is 9.47 Å². The van der Waals surface area contributed by atoms with Crippen LogP contribution in [0.3, 0.4) is 0 Å². The summed E-state index contributed by atoms with van der Waals surface area (Å²) in [6.45, 7) is 5.38. The van der Waals surface area contributed by atoms with Crippen LogP contribution in [0.25, 0.3) is 0 Å². The fourth-order valence-electron chi connectivity index (χ4n) is 3.13. The van der Waals surface area contributed by atoms with Crippen LogP contribution in [-0.2, 0) is 13.0 Å². The van der Waals surface area contributed by atoms with Gasteiger partial charge in [0.2, 0.25) is 0 Å². The van der Waals surface area contributed by atoms with Crippen molar-refractivity contribution in [2.24, 2.45) is 4.99 Å². The standard InChI is InChI=1S/C19H28N6O2.HI/c1-13(27-17-7-5-6-16(10-17)26-4)11-21-19(20-3)23-15-8-9-18-22-14(2)24-25(18)12-15;/h5-7,10,13,15H,8-9,11-12H2,1-4H3,(H2,20,21,23);1H. The molecule has 2 N–H and O–H groups in total. The van der Waals surface area contributed by atoms with Crippen molar-refractivity contribution in [1.29, 1.82) is 0 Å². The lowest BCUT2D eigenvalue weighted by molar-refractivity contribution is 0.222. The summed E-state index contributed by atoms with van der Waals surface area (Å²) < 4.78 is 13.2. The lowest BCUT2D eigenvalue weighted by Gasteiger charge is -2.26. The highest BCUT2D eigenvalue weighted by atomic mass is 127. The third-order valence-electron chi connectivity index (χ3n) is 4.46. The average Bonchev–Trinajstić information content (AvgIpc) is 3.04. The van der Waals surface area contributed by atoms with Crippen LogP contribution >= 0.6 is 24.0 Å². The minimum Gasteiger partial charge on any atom is -0.497 e. The molecule has 0 radical (unpaired) electrons. The van der Waals surface area contributed by atoms with Crippen LogP contribution in [0.4, 0.5) is 0 Å². The van der Waals surface area contributed by atoms with E-state index in [9.17, 15) is 0 Å². The van der Waals surface area contributed by atoms with Crippen molar-refractivity contribution in [3.8, 4) is 11.5 Å². The Bertz CT molecular complexity index is 794. The number of guanidine groups is 1. The van der Waals surface area contributed by atoms with E-state index in [1.807, 2.05) is 42.8 Å². The predicted octanol–water partition coefficient (Wildman–Crippen LogP) is 2.16. The second-order valence-electron chi connectivity index (χ2n) is 6.70. The molecule has 0 saturated carbocycles. The third-order valence-corrected chi connectivity index (χ3v) is 4.46. The molecular formula is C19H29IN6O2. The molecule has 0 bridgehead atoms. The van der Waals surface area contributed by atoms with Crippen LogP contribution in [0.5, 0.6) is 11.5 Å². The van der Waals surface area contributed by atoms with E-state index in [1.165, 1.54) is 0 Å². The number of hydrogen-bond donors (Lipinski definition) is 2. The Morgan fingerprint density at radius 3 is 2.93 bits per heavy atom. The van der Waals surface area contributed by atoms with Crippen molar-refractivity contribution in [2.75, 3.05) is 20.7 Å². The SMILES string of the molecule is CN=C(NCC(C)Oc1cccc(OC)c1)NC1CCc2nc(C)nn2C1.I. The molecule has 1 aromatic carbocycles. The number of methoxy groups -OCH3 is 1. The highest BCUT2D eigenvalue weighted by Gasteiger charge is 2.21. The molecule has 1 aliphatic rings. The number of halogens is 1. The summed E-state index contributed by atoms with van der Waals surface area (Å²) in [5, 5.41) is 11.2. The van der Waals surface area contributed by atoms with Gasteiger partial charge in [0.25, 0.3) is 0 Å². The highest BCUT2D eigenvalue weighted by Crippen LogP contribution is 2.19. The maximum absolute atomic E-state index is 5.94. The molecule has 3 rings (SSSR count). The van der Waals surface area contributed by atoms with Gasteiger partial charge >= 0.3 is 0 Å². The Labute approximate surface area is 183 Å². The number of nitrogens with one attached hydrogen (secondary N) is 2. The zero-order chi connectivity index (χ0) is 19.2. The van der Waals surface area contributed by atoms with E-state index in [0.29, 0.717) is 6.54 Å². The summed E-state index contributed by atoms with van der Waals surface area (Å²) in [4.78, 5) is 8.77. The lowest BCUT2D eigenvalue weighted by Crippen LogP contribution is -2.48. The van der Waals surface area contributed by atoms with E-state index in [-0.39, 0.29) is 36.1 Å². The summed E-state index contributed by atoms with van der Waals surface area (Å²) in [6.07, 6.45) is 1.91. The molecule has 0 fully saturated rings. The third kappa shape index (κ3) is 5.98. The van der Waals surface area contributed by atoms with Crippen molar-refractivity contribution in [2.45, 2.75) is 45.4 Å². The molecule has 0 amide bonds. The molecule has 2 atom stereocenters. The van der Waals surface area contributed by atoms with Gasteiger partial charge in [-0.25, -0.2) is 9.67 Å². The molecule has 2 unspecified atom stereocenters. The lowest BCUT2D eigenvalue weighted by atomic mass is 10.1. The van der Waals surface area contributed by atoms with Crippen LogP contribution in [0.15, 0.2) is 29.3 Å². The molecule has 0 spiro atoms. The van der Waals surface area contributed by atoms with Crippen LogP contribution in [0.1, 0.15) is 25.0 Å². The van der Waals surface area contributed by atoms with Gasteiger partial charge in [0.15, 0.2) is 5.96 Å². The number of aromatic nitrogens is 3. The summed E-state index contributed by atoms with van der Waals surface area (Å²) in [6, 6.07) is 7.89. The molecule has 2 heterocycles. The van der Waals surface area contributed by atoms with Gasteiger partial charge in [0.1, 0.15) is 29.3 Å². The molecule has 1 aromatic heterocycles. The summed E-state index contributed by atoms with van der Waals surface area (Å²) in [5.74, 6) is 4.23. The predicted molar refractivity (Wildman–Crippen MR) is 120 cm³/mol. The van der Waals surface area contributed by atoms with Crippen molar-refractivity contribution >= 4 is 29.9 Å². The van der Waals surface area contributed by atoms with E-state index in [1.54, 1.807) is 14.2 Å². The smallest absolute Gasteiger partial charge is 0.191 e. The van der Waals surface area contributed by atoms with Gasteiger partial charge in [-0.15, -0.1) is 24.0 Å². The minimum absolute atomic E-state index is 0. The fraction of sp³-hybridized carbons (Fsp3) is 0.526. The van der Waals surface area contributed by atoms with Crippen LogP contribution < -0.4 is 20.1 Å². The summed E-state index contributed by atoms with van der Waals surface area (Å²) in [7, 11) is 3.42. The maximum atomic E-state index is 5.94. The molecular weight excluding hydrogens is 471 g/mol. The Morgan fingerprint density at radius 2 is 2.18 bits per heavy atom. The van der Waals surface area contributed by atoms with E-state index in [2.05, 4.69) is 25.7 Å². The van der Waals surface area contributed by atoms with Crippen LogP contribution in [0, 0.1) is 6.92 Å². The first kappa shape index (κ1) is 22.3. The second-order valence-corrected chi connectivity index (χ2v) is 6.70. The van der Waals surface area contributed by atoms with Gasteiger partial charge in [-0.3, -0.25) is 4.99 Å². The highest BCUT2D eigenvalue weighted by molar-refractivity contribution is 14.0. The first-order valence-corrected chi connectivity index (χ1v) is 9.25. The topological polar surface area (TPSA) is 85.6 Å². The monoisotopic (exact) mass is 500 g/mol. The Kier molecular flexibility index (Phi) is 8.34. The average molecular weight is 500 g/mol. The Balaban J connectivity index is 0.00000280. The first-order valence-electron chi connectivity index (χ1n) is 9.25.